The zero-order valence-corrected chi connectivity index (χ0v) is 12.6. The van der Waals surface area contributed by atoms with E-state index in [0.29, 0.717) is 24.8 Å². The highest BCUT2D eigenvalue weighted by molar-refractivity contribution is 5.78. The van der Waals surface area contributed by atoms with Crippen LogP contribution in [0.4, 0.5) is 0 Å². The van der Waals surface area contributed by atoms with E-state index in [0.717, 1.165) is 25.8 Å². The van der Waals surface area contributed by atoms with E-state index in [-0.39, 0.29) is 17.4 Å². The zero-order valence-electron chi connectivity index (χ0n) is 12.6. The quantitative estimate of drug-likeness (QED) is 0.724. The number of nitrogens with one attached hydrogen (secondary N) is 3. The Hall–Kier alpha value is -1.89. The van der Waals surface area contributed by atoms with Crippen molar-refractivity contribution in [2.45, 2.75) is 44.1 Å². The minimum atomic E-state index is -0.472. The Bertz CT molecular complexity index is 616. The third kappa shape index (κ3) is 3.65. The molecule has 1 atom stereocenters. The Balaban J connectivity index is 1.54. The monoisotopic (exact) mass is 306 g/mol. The number of hydrogen-bond donors (Lipinski definition) is 3. The lowest BCUT2D eigenvalue weighted by Crippen LogP contribution is -2.40. The molecule has 2 heterocycles. The van der Waals surface area contributed by atoms with E-state index < -0.39 is 5.69 Å². The molecule has 1 aromatic heterocycles. The van der Waals surface area contributed by atoms with Gasteiger partial charge in [0.15, 0.2) is 0 Å². The number of amides is 1. The summed E-state index contributed by atoms with van der Waals surface area (Å²) in [6.07, 6.45) is 5.42. The highest BCUT2D eigenvalue weighted by atomic mass is 16.2. The van der Waals surface area contributed by atoms with E-state index in [9.17, 15) is 14.4 Å². The summed E-state index contributed by atoms with van der Waals surface area (Å²) in [6, 6.07) is 1.78. The molecule has 0 spiro atoms. The average Bonchev–Trinajstić information content (AvgIpc) is 3.09. The second-order valence-electron chi connectivity index (χ2n) is 6.31. The molecule has 1 aliphatic heterocycles. The van der Waals surface area contributed by atoms with Crippen LogP contribution in [0.2, 0.25) is 0 Å². The standard InChI is InChI=1S/C15H22N4O3/c20-13-7-12(17-15(22)18-13)10-5-6-19(8-10)9-14(21)16-11-3-1-2-4-11/h7,10-11H,1-6,8-9H2,(H,16,21)(H2,17,18,20,22). The molecule has 7 nitrogen and oxygen atoms in total. The minimum absolute atomic E-state index is 0.0759. The smallest absolute Gasteiger partial charge is 0.325 e. The zero-order chi connectivity index (χ0) is 15.5. The van der Waals surface area contributed by atoms with Gasteiger partial charge in [-0.15, -0.1) is 0 Å². The first-order valence-corrected chi connectivity index (χ1v) is 7.95. The van der Waals surface area contributed by atoms with Crippen LogP contribution >= 0.6 is 0 Å². The molecule has 1 aliphatic carbocycles. The van der Waals surface area contributed by atoms with Crippen molar-refractivity contribution in [1.82, 2.24) is 20.2 Å². The van der Waals surface area contributed by atoms with E-state index in [1.165, 1.54) is 18.9 Å². The maximum absolute atomic E-state index is 12.0. The summed E-state index contributed by atoms with van der Waals surface area (Å²) < 4.78 is 0. The molecule has 1 aromatic rings. The Morgan fingerprint density at radius 1 is 1.23 bits per heavy atom. The molecule has 120 valence electrons. The Kier molecular flexibility index (Phi) is 4.42. The maximum Gasteiger partial charge on any atom is 0.325 e. The number of carbonyl (C=O) groups is 1. The summed E-state index contributed by atoms with van der Waals surface area (Å²) in [6.45, 7) is 1.88. The lowest BCUT2D eigenvalue weighted by atomic mass is 10.1. The van der Waals surface area contributed by atoms with Crippen LogP contribution in [-0.4, -0.2) is 46.5 Å². The van der Waals surface area contributed by atoms with Gasteiger partial charge >= 0.3 is 5.69 Å². The van der Waals surface area contributed by atoms with Gasteiger partial charge in [-0.1, -0.05) is 12.8 Å². The molecule has 1 amide bonds. The minimum Gasteiger partial charge on any atom is -0.352 e. The van der Waals surface area contributed by atoms with Crippen molar-refractivity contribution in [3.05, 3.63) is 32.6 Å². The van der Waals surface area contributed by atoms with Crippen molar-refractivity contribution in [1.29, 1.82) is 0 Å². The molecule has 7 heteroatoms. The molecule has 1 saturated heterocycles. The van der Waals surface area contributed by atoms with Crippen molar-refractivity contribution >= 4 is 5.91 Å². The van der Waals surface area contributed by atoms with Gasteiger partial charge in [0.1, 0.15) is 0 Å². The number of H-pyrrole nitrogens is 2. The van der Waals surface area contributed by atoms with Gasteiger partial charge in [0.25, 0.3) is 5.56 Å². The van der Waals surface area contributed by atoms with E-state index in [2.05, 4.69) is 20.2 Å². The van der Waals surface area contributed by atoms with Crippen molar-refractivity contribution in [2.24, 2.45) is 0 Å². The molecule has 22 heavy (non-hydrogen) atoms. The fourth-order valence-electron chi connectivity index (χ4n) is 3.48. The Morgan fingerprint density at radius 2 is 2.00 bits per heavy atom. The first kappa shape index (κ1) is 15.0. The number of carbonyl (C=O) groups excluding carboxylic acids is 1. The van der Waals surface area contributed by atoms with Gasteiger partial charge in [-0.3, -0.25) is 19.5 Å². The number of rotatable bonds is 4. The van der Waals surface area contributed by atoms with Crippen molar-refractivity contribution in [2.75, 3.05) is 19.6 Å². The predicted octanol–water partition coefficient (Wildman–Crippen LogP) is -0.0887. The molecule has 3 rings (SSSR count). The van der Waals surface area contributed by atoms with E-state index in [1.807, 2.05) is 0 Å². The maximum atomic E-state index is 12.0. The molecule has 3 N–H and O–H groups in total. The molecular weight excluding hydrogens is 284 g/mol. The van der Waals surface area contributed by atoms with Crippen LogP contribution in [0.3, 0.4) is 0 Å². The van der Waals surface area contributed by atoms with Crippen LogP contribution in [-0.2, 0) is 4.79 Å². The number of likely N-dealkylation sites (tertiary alicyclic amines) is 1. The van der Waals surface area contributed by atoms with Crippen molar-refractivity contribution < 1.29 is 4.79 Å². The molecule has 0 radical (unpaired) electrons. The second kappa shape index (κ2) is 6.48. The van der Waals surface area contributed by atoms with E-state index in [4.69, 9.17) is 0 Å². The molecule has 1 saturated carbocycles. The lowest BCUT2D eigenvalue weighted by molar-refractivity contribution is -0.122. The fourth-order valence-corrected chi connectivity index (χ4v) is 3.48. The van der Waals surface area contributed by atoms with Crippen LogP contribution in [0.15, 0.2) is 15.7 Å². The number of aromatic nitrogens is 2. The summed E-state index contributed by atoms with van der Waals surface area (Å²) in [4.78, 5) is 41.7. The molecule has 1 unspecified atom stereocenters. The summed E-state index contributed by atoms with van der Waals surface area (Å²) in [5.41, 5.74) is -0.191. The van der Waals surface area contributed by atoms with Gasteiger partial charge in [0.05, 0.1) is 6.54 Å². The number of aromatic amines is 2. The van der Waals surface area contributed by atoms with Crippen LogP contribution in [0, 0.1) is 0 Å². The van der Waals surface area contributed by atoms with Crippen LogP contribution in [0.25, 0.3) is 0 Å². The summed E-state index contributed by atoms with van der Waals surface area (Å²) in [7, 11) is 0. The van der Waals surface area contributed by atoms with Crippen LogP contribution < -0.4 is 16.6 Å². The Morgan fingerprint density at radius 3 is 2.73 bits per heavy atom. The van der Waals surface area contributed by atoms with Gasteiger partial charge in [0.2, 0.25) is 5.91 Å². The molecule has 2 aliphatic rings. The fraction of sp³-hybridized carbons (Fsp3) is 0.667. The lowest BCUT2D eigenvalue weighted by Gasteiger charge is -2.18. The van der Waals surface area contributed by atoms with Crippen molar-refractivity contribution in [3.63, 3.8) is 0 Å². The summed E-state index contributed by atoms with van der Waals surface area (Å²) in [5.74, 6) is 0.182. The van der Waals surface area contributed by atoms with E-state index >= 15 is 0 Å². The first-order valence-electron chi connectivity index (χ1n) is 7.95. The van der Waals surface area contributed by atoms with Gasteiger partial charge < -0.3 is 10.3 Å². The third-order valence-corrected chi connectivity index (χ3v) is 4.58. The highest BCUT2D eigenvalue weighted by Crippen LogP contribution is 2.24. The third-order valence-electron chi connectivity index (χ3n) is 4.58. The Labute approximate surface area is 128 Å². The largest absolute Gasteiger partial charge is 0.352 e. The average molecular weight is 306 g/mol. The summed E-state index contributed by atoms with van der Waals surface area (Å²) in [5, 5.41) is 3.09. The summed E-state index contributed by atoms with van der Waals surface area (Å²) >= 11 is 0. The van der Waals surface area contributed by atoms with Crippen LogP contribution in [0.5, 0.6) is 0 Å². The van der Waals surface area contributed by atoms with E-state index in [1.54, 1.807) is 0 Å². The molecule has 0 bridgehead atoms. The van der Waals surface area contributed by atoms with Crippen molar-refractivity contribution in [3.8, 4) is 0 Å². The van der Waals surface area contributed by atoms with Gasteiger partial charge in [-0.05, 0) is 25.8 Å². The topological polar surface area (TPSA) is 98.1 Å². The molecular formula is C15H22N4O3. The van der Waals surface area contributed by atoms with Gasteiger partial charge in [-0.2, -0.15) is 0 Å². The normalized spacial score (nSPS) is 23.0. The first-order chi connectivity index (χ1) is 10.6. The predicted molar refractivity (Wildman–Crippen MR) is 81.9 cm³/mol. The van der Waals surface area contributed by atoms with Crippen LogP contribution in [0.1, 0.15) is 43.7 Å². The highest BCUT2D eigenvalue weighted by Gasteiger charge is 2.27. The van der Waals surface area contributed by atoms with Gasteiger partial charge in [0, 0.05) is 30.3 Å². The molecule has 0 aromatic carbocycles. The number of nitrogens with zero attached hydrogens (tertiary/aromatic N) is 1. The number of hydrogen-bond acceptors (Lipinski definition) is 4. The molecule has 2 fully saturated rings. The SMILES string of the molecule is O=C(CN1CCC(c2cc(=O)[nH]c(=O)[nH]2)C1)NC1CCCC1. The van der Waals surface area contributed by atoms with Gasteiger partial charge in [-0.25, -0.2) is 4.79 Å². The second-order valence-corrected chi connectivity index (χ2v) is 6.31.